The highest BCUT2D eigenvalue weighted by molar-refractivity contribution is 5.91. The van der Waals surface area contributed by atoms with E-state index < -0.39 is 0 Å². The Morgan fingerprint density at radius 2 is 1.45 bits per heavy atom. The Morgan fingerprint density at radius 3 is 1.93 bits per heavy atom. The molecule has 3 aromatic rings. The molecule has 1 aromatic carbocycles. The summed E-state index contributed by atoms with van der Waals surface area (Å²) in [6, 6.07) is 12.1. The van der Waals surface area contributed by atoms with Crippen molar-refractivity contribution in [2.75, 3.05) is 37.8 Å². The van der Waals surface area contributed by atoms with Crippen molar-refractivity contribution in [1.82, 2.24) is 14.9 Å². The molecule has 0 spiro atoms. The number of nitrogen functional groups attached to an aromatic ring is 1. The SMILES string of the molecule is C#CC#CC#CC#CC#CC#CC#CC#CC#CC#CC#C.CN1CCCC(COc2ccc(NCc3ccc4c(N)nccc4c3)nc2)C1.N=N/N=N/N=O.[HH].[HH].[HH].[HH].[HH].[HH].[HH].[HH].[HH].[HH].[HH].[HH]. The molecule has 4 N–H and O–H groups in total. The van der Waals surface area contributed by atoms with E-state index in [1.165, 1.54) is 24.9 Å². The number of aromatic nitrogens is 2. The van der Waals surface area contributed by atoms with Gasteiger partial charge in [0, 0.05) is 76.6 Å². The first-order chi connectivity index (χ1) is 27.5. The zero-order valence-electron chi connectivity index (χ0n) is 30.1. The number of nitrogens with two attached hydrogens (primary N) is 1. The Labute approximate surface area is 344 Å². The van der Waals surface area contributed by atoms with Gasteiger partial charge in [0.05, 0.1) is 12.8 Å². The fourth-order valence-corrected chi connectivity index (χ4v) is 4.36. The van der Waals surface area contributed by atoms with Gasteiger partial charge in [0.25, 0.3) is 0 Å². The number of nitroso groups, excluding NO2 is 1. The van der Waals surface area contributed by atoms with E-state index in [1.807, 2.05) is 29.6 Å². The van der Waals surface area contributed by atoms with E-state index in [0.29, 0.717) is 18.3 Å². The fraction of sp³-hybridized carbons (Fsp3) is 0.182. The smallest absolute Gasteiger partial charge is 0.137 e. The minimum absolute atomic E-state index is 0. The molecule has 292 valence electrons. The summed E-state index contributed by atoms with van der Waals surface area (Å²) in [4.78, 5) is 19.9. The Kier molecular flexibility index (Phi) is 22.2. The number of rotatable bonds is 8. The van der Waals surface area contributed by atoms with Gasteiger partial charge in [-0.05, 0) is 167 Å². The molecule has 0 radical (unpaired) electrons. The number of nitrogens with one attached hydrogen (secondary N) is 2. The highest BCUT2D eigenvalue weighted by Crippen LogP contribution is 2.21. The summed E-state index contributed by atoms with van der Waals surface area (Å²) >= 11 is 0. The largest absolute Gasteiger partial charge is 0.492 e. The van der Waals surface area contributed by atoms with E-state index in [1.54, 1.807) is 12.4 Å². The van der Waals surface area contributed by atoms with Gasteiger partial charge in [-0.15, -0.1) is 17.8 Å². The number of nitrogens with zero attached hydrogens (tertiary/aromatic N) is 7. The molecular weight excluding hydrogens is 701 g/mol. The third-order valence-corrected chi connectivity index (χ3v) is 6.61. The molecule has 56 heavy (non-hydrogen) atoms. The predicted octanol–water partition coefficient (Wildman–Crippen LogP) is 7.85. The van der Waals surface area contributed by atoms with Crippen molar-refractivity contribution in [3.63, 3.8) is 0 Å². The van der Waals surface area contributed by atoms with Crippen molar-refractivity contribution in [1.29, 1.82) is 5.53 Å². The number of hydrogen-bond donors (Lipinski definition) is 3. The van der Waals surface area contributed by atoms with E-state index in [-0.39, 0.29) is 17.1 Å². The van der Waals surface area contributed by atoms with Crippen LogP contribution in [0.2, 0.25) is 0 Å². The Balaban J connectivity index is -0.0000000831. The lowest BCUT2D eigenvalue weighted by Crippen LogP contribution is -2.34. The number of terminal acetylenes is 2. The molecule has 1 unspecified atom stereocenters. The number of fused-ring (bicyclic) bond motifs is 1. The van der Waals surface area contributed by atoms with E-state index >= 15 is 0 Å². The second-order valence-corrected chi connectivity index (χ2v) is 10.5. The average molecular weight is 755 g/mol. The van der Waals surface area contributed by atoms with Gasteiger partial charge in [-0.3, -0.25) is 0 Å². The number of likely N-dealkylation sites (tertiary alicyclic amines) is 1. The molecule has 0 saturated carbocycles. The minimum Gasteiger partial charge on any atom is -0.492 e. The molecule has 3 heterocycles. The quantitative estimate of drug-likeness (QED) is 0.0912. The van der Waals surface area contributed by atoms with Gasteiger partial charge in [0.1, 0.15) is 22.7 Å². The zero-order valence-corrected chi connectivity index (χ0v) is 30.1. The van der Waals surface area contributed by atoms with Crippen molar-refractivity contribution in [3.8, 4) is 137 Å². The summed E-state index contributed by atoms with van der Waals surface area (Å²) < 4.78 is 5.94. The highest BCUT2D eigenvalue weighted by Gasteiger charge is 2.17. The van der Waals surface area contributed by atoms with Crippen molar-refractivity contribution in [2.45, 2.75) is 19.4 Å². The van der Waals surface area contributed by atoms with Gasteiger partial charge in [0.2, 0.25) is 0 Å². The van der Waals surface area contributed by atoms with Crippen LogP contribution in [0.3, 0.4) is 0 Å². The summed E-state index contributed by atoms with van der Waals surface area (Å²) in [6.07, 6.45) is 15.8. The van der Waals surface area contributed by atoms with Crippen molar-refractivity contribution >= 4 is 22.4 Å². The van der Waals surface area contributed by atoms with Crippen LogP contribution in [-0.2, 0) is 6.54 Å². The number of ether oxygens (including phenoxy) is 1. The predicted molar refractivity (Wildman–Crippen MR) is 242 cm³/mol. The maximum atomic E-state index is 8.91. The molecule has 1 aliphatic rings. The number of pyridine rings is 2. The van der Waals surface area contributed by atoms with E-state index in [9.17, 15) is 0 Å². The molecule has 1 fully saturated rings. The van der Waals surface area contributed by atoms with Crippen LogP contribution in [0.1, 0.15) is 35.5 Å². The van der Waals surface area contributed by atoms with Crippen LogP contribution in [0, 0.1) is 148 Å². The molecule has 12 heteroatoms. The number of hydrogen-bond acceptors (Lipinski definition) is 8. The number of benzene rings is 1. The molecule has 0 amide bonds. The third kappa shape index (κ3) is 20.1. The maximum absolute atomic E-state index is 8.91. The molecule has 12 nitrogen and oxygen atoms in total. The van der Waals surface area contributed by atoms with E-state index in [2.05, 4.69) is 173 Å². The van der Waals surface area contributed by atoms with Crippen LogP contribution in [0.4, 0.5) is 11.6 Å². The van der Waals surface area contributed by atoms with Gasteiger partial charge in [0.15, 0.2) is 0 Å². The first kappa shape index (κ1) is 43.3. The van der Waals surface area contributed by atoms with Gasteiger partial charge in [-0.25, -0.2) is 9.97 Å². The monoisotopic (exact) mass is 754 g/mol. The molecule has 0 aliphatic carbocycles. The Hall–Kier alpha value is -8.90. The maximum Gasteiger partial charge on any atom is 0.137 e. The Morgan fingerprint density at radius 1 is 0.857 bits per heavy atom. The number of piperidine rings is 1. The third-order valence-electron chi connectivity index (χ3n) is 6.61. The van der Waals surface area contributed by atoms with Gasteiger partial charge < -0.3 is 20.7 Å². The fourth-order valence-electron chi connectivity index (χ4n) is 4.36. The van der Waals surface area contributed by atoms with Gasteiger partial charge >= 0.3 is 0 Å². The molecule has 2 aromatic heterocycles. The van der Waals surface area contributed by atoms with Gasteiger partial charge in [-0.2, -0.15) is 5.53 Å². The van der Waals surface area contributed by atoms with Crippen LogP contribution in [0.15, 0.2) is 69.7 Å². The van der Waals surface area contributed by atoms with Crippen molar-refractivity contribution in [3.05, 3.63) is 59.3 Å². The van der Waals surface area contributed by atoms with E-state index in [0.717, 1.165) is 35.5 Å². The minimum atomic E-state index is 0. The second-order valence-electron chi connectivity index (χ2n) is 10.5. The topological polar surface area (TPSA) is 167 Å². The summed E-state index contributed by atoms with van der Waals surface area (Å²) in [6.45, 7) is 3.76. The average Bonchev–Trinajstić information content (AvgIpc) is 3.22. The summed E-state index contributed by atoms with van der Waals surface area (Å²) in [5, 5.41) is 14.7. The Bertz CT molecular complexity index is 2490. The van der Waals surface area contributed by atoms with Crippen LogP contribution in [0.5, 0.6) is 5.75 Å². The normalized spacial score (nSPS) is 11.2. The highest BCUT2D eigenvalue weighted by atomic mass is 16.5. The molecule has 1 atom stereocenters. The van der Waals surface area contributed by atoms with Crippen LogP contribution < -0.4 is 15.8 Å². The van der Waals surface area contributed by atoms with Crippen LogP contribution in [-0.4, -0.2) is 41.6 Å². The zero-order chi connectivity index (χ0) is 40.3. The molecule has 1 saturated heterocycles. The number of anilines is 2. The lowest BCUT2D eigenvalue weighted by atomic mass is 10.00. The van der Waals surface area contributed by atoms with Crippen molar-refractivity contribution in [2.24, 2.45) is 26.9 Å². The van der Waals surface area contributed by atoms with Crippen molar-refractivity contribution < 1.29 is 21.9 Å². The first-order valence-electron chi connectivity index (χ1n) is 16.1. The van der Waals surface area contributed by atoms with Crippen LogP contribution >= 0.6 is 0 Å². The summed E-state index contributed by atoms with van der Waals surface area (Å²) in [7, 11) is 2.18. The molecular formula is C44H54N10O2. The molecule has 1 aliphatic heterocycles. The second kappa shape index (κ2) is 28.8. The van der Waals surface area contributed by atoms with Crippen LogP contribution in [0.25, 0.3) is 10.8 Å². The lowest BCUT2D eigenvalue weighted by Gasteiger charge is -2.29. The van der Waals surface area contributed by atoms with Gasteiger partial charge in [-0.1, -0.05) is 12.1 Å². The molecule has 4 rings (SSSR count). The van der Waals surface area contributed by atoms with E-state index in [4.69, 9.17) is 33.8 Å². The first-order valence-corrected chi connectivity index (χ1v) is 16.1. The summed E-state index contributed by atoms with van der Waals surface area (Å²) in [5.74, 6) is 51.0. The lowest BCUT2D eigenvalue weighted by molar-refractivity contribution is 0.150. The summed E-state index contributed by atoms with van der Waals surface area (Å²) in [5.41, 5.74) is 13.0. The standard InChI is InChI=1S/C22H27N5O.C22H2.HN5O.12H2/c1-27-10-2-3-17(14-27)15-28-19-5-7-21(26-13-19)25-12-16-4-6-20-18(11-16)8-9-24-22(20)23;1-3-5-7-9-11-13-15-17-19-21-22-20-18-16-14-12-10-8-6-4-2;1-2-3-4-5-6;;;;;;;;;;;;/h4-9,11,13,17H,2-3,10,12,14-15H2,1H3,(H2,23,24)(H,25,26);1-2H;1H;12*1H/b;;2-1?,4-3+;;;;;;;;;;;;. The molecule has 0 bridgehead atoms.